The van der Waals surface area contributed by atoms with Crippen molar-refractivity contribution in [2.75, 3.05) is 7.05 Å². The van der Waals surface area contributed by atoms with E-state index < -0.39 is 23.4 Å². The standard InChI is InChI=1S/C13H18FNO3/c1-8(15(4)13(2,3)12(17)18)10-7-9(14)5-6-11(10)16/h5-8,16H,1-4H3,(H,17,18). The molecule has 0 aliphatic carbocycles. The summed E-state index contributed by atoms with van der Waals surface area (Å²) in [4.78, 5) is 12.7. The summed E-state index contributed by atoms with van der Waals surface area (Å²) in [5.74, 6) is -1.49. The third kappa shape index (κ3) is 2.61. The molecule has 0 spiro atoms. The lowest BCUT2D eigenvalue weighted by Gasteiger charge is -2.36. The second-order valence-electron chi connectivity index (χ2n) is 4.85. The number of phenolic OH excluding ortho intramolecular Hbond substituents is 1. The van der Waals surface area contributed by atoms with Gasteiger partial charge in [-0.1, -0.05) is 0 Å². The molecule has 0 fully saturated rings. The number of carboxylic acids is 1. The number of benzene rings is 1. The fourth-order valence-corrected chi connectivity index (χ4v) is 1.70. The van der Waals surface area contributed by atoms with Gasteiger partial charge in [-0.2, -0.15) is 0 Å². The fourth-order valence-electron chi connectivity index (χ4n) is 1.70. The van der Waals surface area contributed by atoms with Gasteiger partial charge < -0.3 is 10.2 Å². The average molecular weight is 255 g/mol. The number of nitrogens with zero attached hydrogens (tertiary/aromatic N) is 1. The van der Waals surface area contributed by atoms with Gasteiger partial charge in [0.1, 0.15) is 17.1 Å². The topological polar surface area (TPSA) is 60.8 Å². The van der Waals surface area contributed by atoms with Gasteiger partial charge in [-0.3, -0.25) is 9.69 Å². The smallest absolute Gasteiger partial charge is 0.323 e. The molecule has 0 aliphatic rings. The maximum absolute atomic E-state index is 13.2. The lowest BCUT2D eigenvalue weighted by Crippen LogP contribution is -2.48. The lowest BCUT2D eigenvalue weighted by atomic mass is 9.97. The minimum Gasteiger partial charge on any atom is -0.508 e. The minimum atomic E-state index is -1.11. The van der Waals surface area contributed by atoms with Crippen LogP contribution in [0, 0.1) is 5.82 Å². The molecule has 0 aliphatic heterocycles. The maximum Gasteiger partial charge on any atom is 0.323 e. The van der Waals surface area contributed by atoms with Crippen molar-refractivity contribution in [3.05, 3.63) is 29.6 Å². The van der Waals surface area contributed by atoms with Crippen molar-refractivity contribution in [2.45, 2.75) is 32.4 Å². The normalized spacial score (nSPS) is 13.7. The zero-order valence-corrected chi connectivity index (χ0v) is 10.9. The van der Waals surface area contributed by atoms with E-state index in [-0.39, 0.29) is 5.75 Å². The molecule has 5 heteroatoms. The summed E-state index contributed by atoms with van der Waals surface area (Å²) in [6, 6.07) is 3.22. The molecule has 0 radical (unpaired) electrons. The van der Waals surface area contributed by atoms with Crippen molar-refractivity contribution in [2.24, 2.45) is 0 Å². The van der Waals surface area contributed by atoms with Crippen molar-refractivity contribution < 1.29 is 19.4 Å². The number of halogens is 1. The van der Waals surface area contributed by atoms with Gasteiger partial charge in [0.15, 0.2) is 0 Å². The summed E-state index contributed by atoms with van der Waals surface area (Å²) < 4.78 is 13.2. The van der Waals surface area contributed by atoms with Gasteiger partial charge in [0.2, 0.25) is 0 Å². The zero-order valence-electron chi connectivity index (χ0n) is 10.9. The van der Waals surface area contributed by atoms with E-state index >= 15 is 0 Å². The summed E-state index contributed by atoms with van der Waals surface area (Å²) in [5.41, 5.74) is -0.745. The summed E-state index contributed by atoms with van der Waals surface area (Å²) in [5, 5.41) is 18.9. The van der Waals surface area contributed by atoms with E-state index in [0.717, 1.165) is 6.07 Å². The molecular formula is C13H18FNO3. The van der Waals surface area contributed by atoms with E-state index in [1.807, 2.05) is 0 Å². The van der Waals surface area contributed by atoms with Gasteiger partial charge in [0.25, 0.3) is 0 Å². The van der Waals surface area contributed by atoms with E-state index in [0.29, 0.717) is 5.56 Å². The number of carboxylic acid groups (broad SMARTS) is 1. The molecule has 0 bridgehead atoms. The maximum atomic E-state index is 13.2. The molecule has 0 saturated heterocycles. The van der Waals surface area contributed by atoms with Crippen molar-refractivity contribution in [3.8, 4) is 5.75 Å². The molecule has 4 nitrogen and oxygen atoms in total. The highest BCUT2D eigenvalue weighted by atomic mass is 19.1. The van der Waals surface area contributed by atoms with Crippen molar-refractivity contribution in [1.29, 1.82) is 0 Å². The number of rotatable bonds is 4. The van der Waals surface area contributed by atoms with Gasteiger partial charge in [-0.05, 0) is 46.0 Å². The van der Waals surface area contributed by atoms with Crippen molar-refractivity contribution in [3.63, 3.8) is 0 Å². The first-order valence-electron chi connectivity index (χ1n) is 5.62. The van der Waals surface area contributed by atoms with Crippen molar-refractivity contribution in [1.82, 2.24) is 4.90 Å². The predicted octanol–water partition coefficient (Wildman–Crippen LogP) is 2.39. The Labute approximate surface area is 106 Å². The second-order valence-corrected chi connectivity index (χ2v) is 4.85. The van der Waals surface area contributed by atoms with Gasteiger partial charge in [0, 0.05) is 11.6 Å². The van der Waals surface area contributed by atoms with Crippen LogP contribution < -0.4 is 0 Å². The van der Waals surface area contributed by atoms with Gasteiger partial charge >= 0.3 is 5.97 Å². The predicted molar refractivity (Wildman–Crippen MR) is 66.0 cm³/mol. The molecule has 1 rings (SSSR count). The molecule has 1 atom stereocenters. The van der Waals surface area contributed by atoms with E-state index in [2.05, 4.69) is 0 Å². The molecular weight excluding hydrogens is 237 g/mol. The Balaban J connectivity index is 3.10. The molecule has 1 aromatic rings. The molecule has 0 saturated carbocycles. The SMILES string of the molecule is CC(c1cc(F)ccc1O)N(C)C(C)(C)C(=O)O. The first-order chi connectivity index (χ1) is 8.17. The summed E-state index contributed by atoms with van der Waals surface area (Å²) >= 11 is 0. The van der Waals surface area contributed by atoms with Crippen LogP contribution in [-0.4, -0.2) is 33.7 Å². The summed E-state index contributed by atoms with van der Waals surface area (Å²) in [6.45, 7) is 4.84. The number of aliphatic carboxylic acids is 1. The van der Waals surface area contributed by atoms with Crippen LogP contribution in [0.4, 0.5) is 4.39 Å². The second kappa shape index (κ2) is 4.94. The lowest BCUT2D eigenvalue weighted by molar-refractivity contribution is -0.149. The molecule has 0 heterocycles. The number of carbonyl (C=O) groups is 1. The molecule has 2 N–H and O–H groups in total. The van der Waals surface area contributed by atoms with E-state index in [1.165, 1.54) is 12.1 Å². The van der Waals surface area contributed by atoms with Gasteiger partial charge in [-0.15, -0.1) is 0 Å². The highest BCUT2D eigenvalue weighted by Gasteiger charge is 2.35. The largest absolute Gasteiger partial charge is 0.508 e. The number of hydrogen-bond acceptors (Lipinski definition) is 3. The fraction of sp³-hybridized carbons (Fsp3) is 0.462. The van der Waals surface area contributed by atoms with E-state index in [4.69, 9.17) is 5.11 Å². The van der Waals surface area contributed by atoms with Crippen LogP contribution in [0.1, 0.15) is 32.4 Å². The number of hydrogen-bond donors (Lipinski definition) is 2. The molecule has 18 heavy (non-hydrogen) atoms. The zero-order chi connectivity index (χ0) is 14.1. The quantitative estimate of drug-likeness (QED) is 0.867. The van der Waals surface area contributed by atoms with Crippen LogP contribution in [0.15, 0.2) is 18.2 Å². The van der Waals surface area contributed by atoms with E-state index in [9.17, 15) is 14.3 Å². The van der Waals surface area contributed by atoms with Gasteiger partial charge in [-0.25, -0.2) is 4.39 Å². The Bertz CT molecular complexity index is 460. The Morgan fingerprint density at radius 3 is 2.50 bits per heavy atom. The Kier molecular flexibility index (Phi) is 3.96. The monoisotopic (exact) mass is 255 g/mol. The van der Waals surface area contributed by atoms with Crippen LogP contribution >= 0.6 is 0 Å². The molecule has 0 amide bonds. The first kappa shape index (κ1) is 14.4. The van der Waals surface area contributed by atoms with Crippen LogP contribution in [0.2, 0.25) is 0 Å². The Hall–Kier alpha value is -1.62. The minimum absolute atomic E-state index is 0.0445. The van der Waals surface area contributed by atoms with Crippen LogP contribution in [0.5, 0.6) is 5.75 Å². The van der Waals surface area contributed by atoms with Crippen molar-refractivity contribution >= 4 is 5.97 Å². The first-order valence-corrected chi connectivity index (χ1v) is 5.62. The number of aromatic hydroxyl groups is 1. The van der Waals surface area contributed by atoms with Crippen LogP contribution in [0.25, 0.3) is 0 Å². The Morgan fingerprint density at radius 2 is 2.00 bits per heavy atom. The molecule has 1 aromatic carbocycles. The summed E-state index contributed by atoms with van der Waals surface area (Å²) in [6.07, 6.45) is 0. The Morgan fingerprint density at radius 1 is 1.44 bits per heavy atom. The van der Waals surface area contributed by atoms with Crippen LogP contribution in [-0.2, 0) is 4.79 Å². The average Bonchev–Trinajstić information content (AvgIpc) is 2.30. The van der Waals surface area contributed by atoms with Crippen LogP contribution in [0.3, 0.4) is 0 Å². The molecule has 0 aromatic heterocycles. The highest BCUT2D eigenvalue weighted by Crippen LogP contribution is 2.32. The third-order valence-electron chi connectivity index (χ3n) is 3.43. The molecule has 1 unspecified atom stereocenters. The molecule has 100 valence electrons. The summed E-state index contributed by atoms with van der Waals surface area (Å²) in [7, 11) is 1.63. The third-order valence-corrected chi connectivity index (χ3v) is 3.43. The number of likely N-dealkylation sites (N-methyl/N-ethyl adjacent to an activating group) is 1. The number of phenols is 1. The van der Waals surface area contributed by atoms with E-state index in [1.54, 1.807) is 32.7 Å². The highest BCUT2D eigenvalue weighted by molar-refractivity contribution is 5.77. The van der Waals surface area contributed by atoms with Gasteiger partial charge in [0.05, 0.1) is 0 Å².